The predicted octanol–water partition coefficient (Wildman–Crippen LogP) is 1.96. The Balaban J connectivity index is 2.27. The van der Waals surface area contributed by atoms with Crippen molar-refractivity contribution >= 4 is 10.9 Å². The zero-order chi connectivity index (χ0) is 11.3. The number of rotatable bonds is 0. The highest BCUT2D eigenvalue weighted by Gasteiger charge is 2.25. The number of aliphatic hydroxyl groups is 1. The number of aromatic nitrogens is 1. The van der Waals surface area contributed by atoms with Crippen molar-refractivity contribution in [3.8, 4) is 0 Å². The molecule has 1 unspecified atom stereocenters. The Labute approximate surface area is 94.7 Å². The molecule has 0 saturated carbocycles. The molecule has 84 valence electrons. The van der Waals surface area contributed by atoms with Crippen molar-refractivity contribution in [2.75, 3.05) is 13.6 Å². The summed E-state index contributed by atoms with van der Waals surface area (Å²) in [4.78, 5) is 5.49. The number of β-amino-alcohol motifs (C(OH)–C–C–N with tert-alkyl or cyclic N) is 1. The molecule has 3 heteroatoms. The summed E-state index contributed by atoms with van der Waals surface area (Å²) in [5.41, 5.74) is 4.64. The van der Waals surface area contributed by atoms with E-state index in [-0.39, 0.29) is 6.10 Å². The van der Waals surface area contributed by atoms with E-state index in [1.54, 1.807) is 0 Å². The Bertz CT molecular complexity index is 544. The van der Waals surface area contributed by atoms with Gasteiger partial charge in [0.25, 0.3) is 0 Å². The van der Waals surface area contributed by atoms with Gasteiger partial charge in [-0.05, 0) is 31.7 Å². The summed E-state index contributed by atoms with van der Waals surface area (Å²) in [6.45, 7) is 3.72. The van der Waals surface area contributed by atoms with Crippen molar-refractivity contribution < 1.29 is 5.11 Å². The second kappa shape index (κ2) is 3.34. The van der Waals surface area contributed by atoms with E-state index in [0.717, 1.165) is 17.8 Å². The Morgan fingerprint density at radius 3 is 3.06 bits per heavy atom. The molecule has 0 amide bonds. The van der Waals surface area contributed by atoms with Crippen LogP contribution in [0.1, 0.15) is 22.9 Å². The number of aryl methyl sites for hydroxylation is 1. The first-order valence-electron chi connectivity index (χ1n) is 5.63. The van der Waals surface area contributed by atoms with Crippen molar-refractivity contribution in [2.24, 2.45) is 0 Å². The van der Waals surface area contributed by atoms with Crippen LogP contribution >= 0.6 is 0 Å². The first-order valence-corrected chi connectivity index (χ1v) is 5.63. The van der Waals surface area contributed by atoms with Crippen molar-refractivity contribution in [2.45, 2.75) is 19.6 Å². The maximum atomic E-state index is 10.0. The standard InChI is InChI=1S/C13H16N2O/c1-8-3-4-11-9(5-8)10-6-15(2)7-12(16)13(10)14-11/h3-5,12,14,16H,6-7H2,1-2H3. The van der Waals surface area contributed by atoms with Gasteiger partial charge < -0.3 is 10.1 Å². The third kappa shape index (κ3) is 1.36. The van der Waals surface area contributed by atoms with Crippen molar-refractivity contribution in [3.05, 3.63) is 35.0 Å². The van der Waals surface area contributed by atoms with E-state index in [0.29, 0.717) is 6.54 Å². The predicted molar refractivity (Wildman–Crippen MR) is 64.3 cm³/mol. The van der Waals surface area contributed by atoms with Crippen molar-refractivity contribution in [1.29, 1.82) is 0 Å². The summed E-state index contributed by atoms with van der Waals surface area (Å²) in [5.74, 6) is 0. The van der Waals surface area contributed by atoms with Crippen LogP contribution in [0.25, 0.3) is 10.9 Å². The maximum absolute atomic E-state index is 10.0. The Morgan fingerprint density at radius 2 is 2.25 bits per heavy atom. The Kier molecular flexibility index (Phi) is 2.06. The number of hydrogen-bond acceptors (Lipinski definition) is 2. The maximum Gasteiger partial charge on any atom is 0.107 e. The molecule has 1 aliphatic rings. The minimum absolute atomic E-state index is 0.388. The molecule has 16 heavy (non-hydrogen) atoms. The van der Waals surface area contributed by atoms with Crippen LogP contribution in [0, 0.1) is 6.92 Å². The van der Waals surface area contributed by atoms with Crippen molar-refractivity contribution in [1.82, 2.24) is 9.88 Å². The second-order valence-corrected chi connectivity index (χ2v) is 4.78. The molecule has 0 spiro atoms. The fraction of sp³-hybridized carbons (Fsp3) is 0.385. The summed E-state index contributed by atoms with van der Waals surface area (Å²) in [7, 11) is 2.04. The van der Waals surface area contributed by atoms with Gasteiger partial charge in [0.15, 0.2) is 0 Å². The molecule has 1 aromatic heterocycles. The highest BCUT2D eigenvalue weighted by Crippen LogP contribution is 2.32. The number of benzene rings is 1. The number of nitrogens with one attached hydrogen (secondary N) is 1. The average Bonchev–Trinajstić information content (AvgIpc) is 2.57. The van der Waals surface area contributed by atoms with Crippen molar-refractivity contribution in [3.63, 3.8) is 0 Å². The van der Waals surface area contributed by atoms with Crippen LogP contribution in [-0.2, 0) is 6.54 Å². The summed E-state index contributed by atoms with van der Waals surface area (Å²) in [6.07, 6.45) is -0.388. The molecule has 1 aliphatic heterocycles. The molecule has 2 heterocycles. The molecular formula is C13H16N2O. The highest BCUT2D eigenvalue weighted by molar-refractivity contribution is 5.85. The first-order chi connectivity index (χ1) is 7.65. The fourth-order valence-electron chi connectivity index (χ4n) is 2.56. The molecule has 0 aliphatic carbocycles. The van der Waals surface area contributed by atoms with E-state index >= 15 is 0 Å². The fourth-order valence-corrected chi connectivity index (χ4v) is 2.56. The summed E-state index contributed by atoms with van der Waals surface area (Å²) in [6, 6.07) is 6.38. The summed E-state index contributed by atoms with van der Waals surface area (Å²) in [5, 5.41) is 11.3. The molecule has 0 fully saturated rings. The lowest BCUT2D eigenvalue weighted by Crippen LogP contribution is -2.29. The molecule has 3 nitrogen and oxygen atoms in total. The molecule has 1 aromatic carbocycles. The summed E-state index contributed by atoms with van der Waals surface area (Å²) >= 11 is 0. The molecule has 0 radical (unpaired) electrons. The number of hydrogen-bond donors (Lipinski definition) is 2. The zero-order valence-electron chi connectivity index (χ0n) is 9.62. The lowest BCUT2D eigenvalue weighted by molar-refractivity contribution is 0.105. The highest BCUT2D eigenvalue weighted by atomic mass is 16.3. The van der Waals surface area contributed by atoms with Crippen LogP contribution < -0.4 is 0 Å². The molecule has 0 saturated heterocycles. The Hall–Kier alpha value is -1.32. The van der Waals surface area contributed by atoms with E-state index in [9.17, 15) is 5.11 Å². The monoisotopic (exact) mass is 216 g/mol. The molecule has 2 aromatic rings. The third-order valence-corrected chi connectivity index (χ3v) is 3.34. The number of H-pyrrole nitrogens is 1. The topological polar surface area (TPSA) is 39.3 Å². The van der Waals surface area contributed by atoms with Gasteiger partial charge in [0, 0.05) is 24.0 Å². The third-order valence-electron chi connectivity index (χ3n) is 3.34. The lowest BCUT2D eigenvalue weighted by atomic mass is 10.0. The number of likely N-dealkylation sites (N-methyl/N-ethyl adjacent to an activating group) is 1. The van der Waals surface area contributed by atoms with Crippen LogP contribution in [-0.4, -0.2) is 28.6 Å². The van der Waals surface area contributed by atoms with E-state index in [1.165, 1.54) is 16.5 Å². The minimum atomic E-state index is -0.388. The van der Waals surface area contributed by atoms with Crippen LogP contribution in [0.2, 0.25) is 0 Å². The van der Waals surface area contributed by atoms with E-state index in [2.05, 4.69) is 35.0 Å². The van der Waals surface area contributed by atoms with Gasteiger partial charge in [-0.1, -0.05) is 11.6 Å². The number of aliphatic hydroxyl groups excluding tert-OH is 1. The average molecular weight is 216 g/mol. The van der Waals surface area contributed by atoms with Gasteiger partial charge in [0.05, 0.1) is 5.69 Å². The normalized spacial score (nSPS) is 21.3. The number of nitrogens with zero attached hydrogens (tertiary/aromatic N) is 1. The summed E-state index contributed by atoms with van der Waals surface area (Å²) < 4.78 is 0. The van der Waals surface area contributed by atoms with Gasteiger partial charge in [-0.3, -0.25) is 4.90 Å². The van der Waals surface area contributed by atoms with Gasteiger partial charge in [-0.2, -0.15) is 0 Å². The molecular weight excluding hydrogens is 200 g/mol. The van der Waals surface area contributed by atoms with Crippen LogP contribution in [0.15, 0.2) is 18.2 Å². The van der Waals surface area contributed by atoms with Gasteiger partial charge in [0.1, 0.15) is 6.10 Å². The van der Waals surface area contributed by atoms with Crippen LogP contribution in [0.3, 0.4) is 0 Å². The van der Waals surface area contributed by atoms with Crippen LogP contribution in [0.5, 0.6) is 0 Å². The van der Waals surface area contributed by atoms with Gasteiger partial charge in [-0.25, -0.2) is 0 Å². The second-order valence-electron chi connectivity index (χ2n) is 4.78. The zero-order valence-corrected chi connectivity index (χ0v) is 9.62. The largest absolute Gasteiger partial charge is 0.386 e. The van der Waals surface area contributed by atoms with E-state index < -0.39 is 0 Å². The van der Waals surface area contributed by atoms with E-state index in [4.69, 9.17) is 0 Å². The molecule has 3 rings (SSSR count). The Morgan fingerprint density at radius 1 is 1.44 bits per heavy atom. The molecule has 2 N–H and O–H groups in total. The SMILES string of the molecule is Cc1ccc2[nH]c3c(c2c1)CN(C)CC3O. The molecule has 0 bridgehead atoms. The van der Waals surface area contributed by atoms with Gasteiger partial charge in [0.2, 0.25) is 0 Å². The first kappa shape index (κ1) is 9.87. The minimum Gasteiger partial charge on any atom is -0.386 e. The lowest BCUT2D eigenvalue weighted by Gasteiger charge is -2.26. The number of aromatic amines is 1. The molecule has 1 atom stereocenters. The van der Waals surface area contributed by atoms with Crippen LogP contribution in [0.4, 0.5) is 0 Å². The smallest absolute Gasteiger partial charge is 0.107 e. The quantitative estimate of drug-likeness (QED) is 0.706. The van der Waals surface area contributed by atoms with E-state index in [1.807, 2.05) is 7.05 Å². The van der Waals surface area contributed by atoms with Gasteiger partial charge in [-0.15, -0.1) is 0 Å². The number of fused-ring (bicyclic) bond motifs is 3. The van der Waals surface area contributed by atoms with Gasteiger partial charge >= 0.3 is 0 Å².